The predicted octanol–water partition coefficient (Wildman–Crippen LogP) is 1.09. The third-order valence-corrected chi connectivity index (χ3v) is 3.96. The van der Waals surface area contributed by atoms with Crippen LogP contribution in [0.3, 0.4) is 0 Å². The minimum Gasteiger partial charge on any atom is -0.483 e. The highest BCUT2D eigenvalue weighted by molar-refractivity contribution is 5.32. The molecule has 0 spiro atoms. The molecule has 124 valence electrons. The van der Waals surface area contributed by atoms with E-state index in [-0.39, 0.29) is 19.1 Å². The van der Waals surface area contributed by atoms with Gasteiger partial charge in [-0.2, -0.15) is 5.10 Å². The molecule has 1 aliphatic heterocycles. The standard InChI is InChI=1S/C15H20N4O.CH2O2/c1-18-10-13-6-3-2-5-12(13)9-14(18)15-16-11-17-19(15)7-4-8-20;2-1-3/h2-3,5-6,11,14,20H,4,7-10H2,1H3;1H,(H,2,3). The maximum atomic E-state index is 8.98. The zero-order valence-corrected chi connectivity index (χ0v) is 13.2. The fourth-order valence-electron chi connectivity index (χ4n) is 2.87. The SMILES string of the molecule is CN1Cc2ccccc2CC1c1ncnn1CCCO.O=CO. The molecule has 0 amide bonds. The molecule has 2 heterocycles. The van der Waals surface area contributed by atoms with E-state index in [0.717, 1.165) is 25.3 Å². The van der Waals surface area contributed by atoms with Crippen molar-refractivity contribution in [1.82, 2.24) is 19.7 Å². The third-order valence-electron chi connectivity index (χ3n) is 3.96. The normalized spacial score (nSPS) is 17.0. The van der Waals surface area contributed by atoms with E-state index in [4.69, 9.17) is 15.0 Å². The van der Waals surface area contributed by atoms with Crippen molar-refractivity contribution >= 4 is 6.47 Å². The van der Waals surface area contributed by atoms with Gasteiger partial charge in [-0.1, -0.05) is 24.3 Å². The fourth-order valence-corrected chi connectivity index (χ4v) is 2.87. The first-order valence-electron chi connectivity index (χ1n) is 7.54. The molecule has 0 aliphatic carbocycles. The summed E-state index contributed by atoms with van der Waals surface area (Å²) >= 11 is 0. The van der Waals surface area contributed by atoms with Crippen molar-refractivity contribution in [3.8, 4) is 0 Å². The molecule has 1 unspecified atom stereocenters. The monoisotopic (exact) mass is 318 g/mol. The smallest absolute Gasteiger partial charge is 0.290 e. The molecule has 0 saturated heterocycles. The summed E-state index contributed by atoms with van der Waals surface area (Å²) in [5.74, 6) is 0.996. The Morgan fingerprint density at radius 3 is 2.74 bits per heavy atom. The van der Waals surface area contributed by atoms with Gasteiger partial charge < -0.3 is 10.2 Å². The van der Waals surface area contributed by atoms with Crippen molar-refractivity contribution in [2.75, 3.05) is 13.7 Å². The van der Waals surface area contributed by atoms with Crippen molar-refractivity contribution in [3.05, 3.63) is 47.5 Å². The number of benzene rings is 1. The number of likely N-dealkylation sites (N-methyl/N-ethyl adjacent to an activating group) is 1. The number of aryl methyl sites for hydroxylation is 1. The molecule has 0 saturated carbocycles. The van der Waals surface area contributed by atoms with E-state index in [1.165, 1.54) is 11.1 Å². The van der Waals surface area contributed by atoms with E-state index in [1.807, 2.05) is 4.68 Å². The molecule has 0 fully saturated rings. The van der Waals surface area contributed by atoms with Crippen molar-refractivity contribution in [3.63, 3.8) is 0 Å². The van der Waals surface area contributed by atoms with Gasteiger partial charge in [0.05, 0.1) is 6.04 Å². The van der Waals surface area contributed by atoms with Gasteiger partial charge in [0.1, 0.15) is 12.2 Å². The lowest BCUT2D eigenvalue weighted by molar-refractivity contribution is -0.122. The molecule has 2 N–H and O–H groups in total. The first-order chi connectivity index (χ1) is 11.2. The number of carboxylic acid groups (broad SMARTS) is 1. The van der Waals surface area contributed by atoms with E-state index < -0.39 is 0 Å². The molecule has 1 aliphatic rings. The van der Waals surface area contributed by atoms with Crippen LogP contribution in [0.25, 0.3) is 0 Å². The molecule has 7 heteroatoms. The second-order valence-electron chi connectivity index (χ2n) is 5.43. The molecule has 2 aromatic rings. The van der Waals surface area contributed by atoms with Crippen LogP contribution in [0.4, 0.5) is 0 Å². The van der Waals surface area contributed by atoms with Crippen molar-refractivity contribution < 1.29 is 15.0 Å². The summed E-state index contributed by atoms with van der Waals surface area (Å²) in [5.41, 5.74) is 2.79. The Morgan fingerprint density at radius 2 is 2.04 bits per heavy atom. The number of aromatic nitrogens is 3. The second kappa shape index (κ2) is 8.40. The number of rotatable bonds is 4. The average Bonchev–Trinajstić information content (AvgIpc) is 3.01. The van der Waals surface area contributed by atoms with E-state index in [0.29, 0.717) is 6.42 Å². The highest BCUT2D eigenvalue weighted by Gasteiger charge is 2.27. The van der Waals surface area contributed by atoms with Crippen molar-refractivity contribution in [2.24, 2.45) is 0 Å². The maximum Gasteiger partial charge on any atom is 0.290 e. The second-order valence-corrected chi connectivity index (χ2v) is 5.43. The van der Waals surface area contributed by atoms with Crippen LogP contribution in [0, 0.1) is 0 Å². The molecule has 1 aromatic heterocycles. The molecule has 0 bridgehead atoms. The maximum absolute atomic E-state index is 8.98. The number of fused-ring (bicyclic) bond motifs is 1. The van der Waals surface area contributed by atoms with Gasteiger partial charge in [-0.25, -0.2) is 9.67 Å². The molecular weight excluding hydrogens is 296 g/mol. The van der Waals surface area contributed by atoms with Crippen LogP contribution in [-0.2, 0) is 24.3 Å². The Bertz CT molecular complexity index is 629. The first kappa shape index (κ1) is 17.1. The van der Waals surface area contributed by atoms with Crippen LogP contribution in [0.15, 0.2) is 30.6 Å². The minimum absolute atomic E-state index is 0.183. The summed E-state index contributed by atoms with van der Waals surface area (Å²) in [4.78, 5) is 15.1. The lowest BCUT2D eigenvalue weighted by Crippen LogP contribution is -2.33. The first-order valence-corrected chi connectivity index (χ1v) is 7.54. The lowest BCUT2D eigenvalue weighted by Gasteiger charge is -2.33. The predicted molar refractivity (Wildman–Crippen MR) is 84.8 cm³/mol. The van der Waals surface area contributed by atoms with Gasteiger partial charge in [0, 0.05) is 19.7 Å². The highest BCUT2D eigenvalue weighted by Crippen LogP contribution is 2.30. The Hall–Kier alpha value is -2.25. The Morgan fingerprint density at radius 1 is 1.35 bits per heavy atom. The zero-order chi connectivity index (χ0) is 16.7. The van der Waals surface area contributed by atoms with E-state index in [1.54, 1.807) is 6.33 Å². The van der Waals surface area contributed by atoms with E-state index in [9.17, 15) is 0 Å². The Balaban J connectivity index is 0.000000595. The molecule has 23 heavy (non-hydrogen) atoms. The summed E-state index contributed by atoms with van der Waals surface area (Å²) < 4.78 is 1.92. The summed E-state index contributed by atoms with van der Waals surface area (Å²) in [6.07, 6.45) is 3.29. The number of nitrogens with zero attached hydrogens (tertiary/aromatic N) is 4. The van der Waals surface area contributed by atoms with Gasteiger partial charge in [0.2, 0.25) is 0 Å². The number of aliphatic hydroxyl groups excluding tert-OH is 1. The Labute approximate surface area is 135 Å². The van der Waals surface area contributed by atoms with Crippen LogP contribution < -0.4 is 0 Å². The number of carbonyl (C=O) groups is 1. The van der Waals surface area contributed by atoms with Crippen LogP contribution in [0.2, 0.25) is 0 Å². The summed E-state index contributed by atoms with van der Waals surface area (Å²) in [7, 11) is 2.13. The minimum atomic E-state index is -0.250. The fraction of sp³-hybridized carbons (Fsp3) is 0.438. The molecule has 3 rings (SSSR count). The van der Waals surface area contributed by atoms with Gasteiger partial charge in [-0.3, -0.25) is 9.69 Å². The molecule has 7 nitrogen and oxygen atoms in total. The topological polar surface area (TPSA) is 91.5 Å². The number of hydrogen-bond acceptors (Lipinski definition) is 5. The van der Waals surface area contributed by atoms with Crippen LogP contribution in [0.1, 0.15) is 29.4 Å². The quantitative estimate of drug-likeness (QED) is 0.820. The van der Waals surface area contributed by atoms with E-state index in [2.05, 4.69) is 46.3 Å². The van der Waals surface area contributed by atoms with Gasteiger partial charge in [0.25, 0.3) is 6.47 Å². The van der Waals surface area contributed by atoms with Gasteiger partial charge in [0.15, 0.2) is 0 Å². The number of hydrogen-bond donors (Lipinski definition) is 2. The third kappa shape index (κ3) is 4.14. The zero-order valence-electron chi connectivity index (χ0n) is 13.2. The van der Waals surface area contributed by atoms with Crippen molar-refractivity contribution in [1.29, 1.82) is 0 Å². The van der Waals surface area contributed by atoms with Crippen LogP contribution in [0.5, 0.6) is 0 Å². The van der Waals surface area contributed by atoms with Crippen LogP contribution in [-0.4, -0.2) is 50.0 Å². The van der Waals surface area contributed by atoms with E-state index >= 15 is 0 Å². The average molecular weight is 318 g/mol. The lowest BCUT2D eigenvalue weighted by atomic mass is 9.94. The van der Waals surface area contributed by atoms with Gasteiger partial charge >= 0.3 is 0 Å². The number of aliphatic hydroxyl groups is 1. The molecule has 1 aromatic carbocycles. The largest absolute Gasteiger partial charge is 0.483 e. The Kier molecular flexibility index (Phi) is 6.25. The van der Waals surface area contributed by atoms with Crippen LogP contribution >= 0.6 is 0 Å². The summed E-state index contributed by atoms with van der Waals surface area (Å²) in [6.45, 7) is 1.59. The van der Waals surface area contributed by atoms with Gasteiger partial charge in [-0.05, 0) is 31.0 Å². The van der Waals surface area contributed by atoms with Gasteiger partial charge in [-0.15, -0.1) is 0 Å². The molecule has 0 radical (unpaired) electrons. The molecule has 1 atom stereocenters. The highest BCUT2D eigenvalue weighted by atomic mass is 16.3. The molecular formula is C16H22N4O3. The summed E-state index contributed by atoms with van der Waals surface area (Å²) in [6, 6.07) is 8.84. The summed E-state index contributed by atoms with van der Waals surface area (Å²) in [5, 5.41) is 20.2. The van der Waals surface area contributed by atoms with Crippen molar-refractivity contribution in [2.45, 2.75) is 32.0 Å².